The topological polar surface area (TPSA) is 67.6 Å². The number of alkyl halides is 3. The molecule has 0 N–H and O–H groups in total. The highest BCUT2D eigenvalue weighted by atomic mass is 35.5. The first-order chi connectivity index (χ1) is 13.2. The lowest BCUT2D eigenvalue weighted by Crippen LogP contribution is -2.32. The second-order valence-corrected chi connectivity index (χ2v) is 8.67. The summed E-state index contributed by atoms with van der Waals surface area (Å²) in [5, 5.41) is 7.88. The van der Waals surface area contributed by atoms with Crippen LogP contribution in [0.5, 0.6) is 0 Å². The van der Waals surface area contributed by atoms with Crippen LogP contribution in [-0.4, -0.2) is 33.9 Å². The lowest BCUT2D eigenvalue weighted by molar-refractivity contribution is -0.137. The number of aromatic nitrogens is 3. The number of halogens is 4. The molecule has 28 heavy (non-hydrogen) atoms. The Balaban J connectivity index is 1.79. The zero-order valence-electron chi connectivity index (χ0n) is 14.3. The molecule has 148 valence electrons. The van der Waals surface area contributed by atoms with E-state index in [-0.39, 0.29) is 11.6 Å². The van der Waals surface area contributed by atoms with Crippen LogP contribution in [0.1, 0.15) is 30.3 Å². The highest BCUT2D eigenvalue weighted by Gasteiger charge is 2.41. The van der Waals surface area contributed by atoms with E-state index in [1.54, 1.807) is 28.8 Å². The van der Waals surface area contributed by atoms with Crippen molar-refractivity contribution in [2.75, 3.05) is 6.54 Å². The van der Waals surface area contributed by atoms with Crippen LogP contribution < -0.4 is 0 Å². The van der Waals surface area contributed by atoms with Gasteiger partial charge in [0.05, 0.1) is 16.6 Å². The van der Waals surface area contributed by atoms with E-state index in [0.717, 1.165) is 16.4 Å². The lowest BCUT2D eigenvalue weighted by atomic mass is 10.2. The summed E-state index contributed by atoms with van der Waals surface area (Å²) in [6, 6.07) is 6.91. The number of hydrogen-bond donors (Lipinski definition) is 0. The quantitative estimate of drug-likeness (QED) is 0.631. The van der Waals surface area contributed by atoms with Crippen molar-refractivity contribution in [1.29, 1.82) is 0 Å². The van der Waals surface area contributed by atoms with E-state index >= 15 is 0 Å². The molecule has 1 aromatic carbocycles. The Hall–Kier alpha value is -2.17. The molecule has 0 spiro atoms. The Bertz CT molecular complexity index is 1150. The minimum absolute atomic E-state index is 0.154. The van der Waals surface area contributed by atoms with Crippen LogP contribution in [0.15, 0.2) is 47.5 Å². The molecule has 0 radical (unpaired) electrons. The van der Waals surface area contributed by atoms with Crippen LogP contribution in [0.4, 0.5) is 13.2 Å². The van der Waals surface area contributed by atoms with Crippen molar-refractivity contribution in [3.05, 3.63) is 59.0 Å². The Kier molecular flexibility index (Phi) is 4.59. The third-order valence-electron chi connectivity index (χ3n) is 4.69. The summed E-state index contributed by atoms with van der Waals surface area (Å²) in [7, 11) is -4.28. The van der Waals surface area contributed by atoms with Gasteiger partial charge in [0.15, 0.2) is 11.5 Å². The van der Waals surface area contributed by atoms with Gasteiger partial charge in [0.25, 0.3) is 0 Å². The smallest absolute Gasteiger partial charge is 0.285 e. The van der Waals surface area contributed by atoms with E-state index in [1.165, 1.54) is 0 Å². The van der Waals surface area contributed by atoms with E-state index in [1.807, 2.05) is 0 Å². The predicted octanol–water partition coefficient (Wildman–Crippen LogP) is 3.93. The van der Waals surface area contributed by atoms with Gasteiger partial charge in [0.1, 0.15) is 4.90 Å². The number of rotatable bonds is 3. The third-order valence-corrected chi connectivity index (χ3v) is 7.08. The fourth-order valence-corrected chi connectivity index (χ4v) is 5.53. The fraction of sp³-hybridized carbons (Fsp3) is 0.294. The van der Waals surface area contributed by atoms with Crippen LogP contribution in [-0.2, 0) is 16.2 Å². The zero-order valence-corrected chi connectivity index (χ0v) is 15.8. The van der Waals surface area contributed by atoms with E-state index in [0.29, 0.717) is 30.4 Å². The van der Waals surface area contributed by atoms with Crippen molar-refractivity contribution < 1.29 is 21.6 Å². The number of pyridine rings is 1. The van der Waals surface area contributed by atoms with Crippen LogP contribution in [0.2, 0.25) is 5.02 Å². The first-order valence-corrected chi connectivity index (χ1v) is 10.2. The maximum absolute atomic E-state index is 13.2. The minimum Gasteiger partial charge on any atom is -0.285 e. The van der Waals surface area contributed by atoms with Crippen LogP contribution in [0.3, 0.4) is 0 Å². The van der Waals surface area contributed by atoms with Crippen LogP contribution >= 0.6 is 11.6 Å². The molecular formula is C17H14ClF3N4O2S. The summed E-state index contributed by atoms with van der Waals surface area (Å²) in [5.41, 5.74) is -0.516. The summed E-state index contributed by atoms with van der Waals surface area (Å²) in [6.45, 7) is 0.154. The maximum Gasteiger partial charge on any atom is 0.416 e. The maximum atomic E-state index is 13.2. The monoisotopic (exact) mass is 430 g/mol. The second-order valence-electron chi connectivity index (χ2n) is 6.40. The van der Waals surface area contributed by atoms with Gasteiger partial charge in [-0.25, -0.2) is 8.42 Å². The number of hydrogen-bond acceptors (Lipinski definition) is 4. The molecule has 0 bridgehead atoms. The normalized spacial score (nSPS) is 18.8. The van der Waals surface area contributed by atoms with E-state index in [9.17, 15) is 21.6 Å². The summed E-state index contributed by atoms with van der Waals surface area (Å²) in [6.07, 6.45) is -1.94. The van der Waals surface area contributed by atoms with Gasteiger partial charge in [-0.3, -0.25) is 4.40 Å². The van der Waals surface area contributed by atoms with E-state index < -0.39 is 32.7 Å². The number of sulfonamides is 1. The van der Waals surface area contributed by atoms with Crippen LogP contribution in [0, 0.1) is 0 Å². The molecule has 1 aliphatic rings. The van der Waals surface area contributed by atoms with Gasteiger partial charge >= 0.3 is 6.18 Å². The second kappa shape index (κ2) is 6.71. The molecule has 2 aromatic heterocycles. The molecule has 4 rings (SSSR count). The molecule has 1 unspecified atom stereocenters. The van der Waals surface area contributed by atoms with E-state index in [4.69, 9.17) is 11.6 Å². The van der Waals surface area contributed by atoms with Crippen LogP contribution in [0.25, 0.3) is 5.65 Å². The Morgan fingerprint density at radius 2 is 1.93 bits per heavy atom. The van der Waals surface area contributed by atoms with Crippen molar-refractivity contribution in [1.82, 2.24) is 18.9 Å². The molecule has 1 fully saturated rings. The van der Waals surface area contributed by atoms with Gasteiger partial charge in [0.2, 0.25) is 10.0 Å². The first kappa shape index (κ1) is 19.2. The average Bonchev–Trinajstić information content (AvgIpc) is 3.27. The standard InChI is InChI=1S/C17H14ClF3N4O2S/c18-12-7-6-11(17(19,20)21)10-14(12)28(26,27)25-9-3-4-13(25)16-23-22-15-5-1-2-8-24(15)16/h1-2,5-8,10,13H,3-4,9H2. The lowest BCUT2D eigenvalue weighted by Gasteiger charge is -2.24. The molecule has 1 atom stereocenters. The van der Waals surface area contributed by atoms with Crippen molar-refractivity contribution >= 4 is 27.3 Å². The molecule has 11 heteroatoms. The largest absolute Gasteiger partial charge is 0.416 e. The van der Waals surface area contributed by atoms with Gasteiger partial charge in [-0.05, 0) is 43.2 Å². The number of fused-ring (bicyclic) bond motifs is 1. The summed E-state index contributed by atoms with van der Waals surface area (Å²) in [5.74, 6) is 0.416. The molecule has 0 aliphatic carbocycles. The Morgan fingerprint density at radius 3 is 2.68 bits per heavy atom. The van der Waals surface area contributed by atoms with Gasteiger partial charge in [-0.1, -0.05) is 17.7 Å². The van der Waals surface area contributed by atoms with Crippen molar-refractivity contribution in [2.24, 2.45) is 0 Å². The molecule has 6 nitrogen and oxygen atoms in total. The molecule has 0 amide bonds. The zero-order chi connectivity index (χ0) is 20.1. The van der Waals surface area contributed by atoms with Crippen molar-refractivity contribution in [2.45, 2.75) is 30.0 Å². The van der Waals surface area contributed by atoms with Gasteiger partial charge in [-0.15, -0.1) is 10.2 Å². The average molecular weight is 431 g/mol. The third kappa shape index (κ3) is 3.15. The van der Waals surface area contributed by atoms with Crippen molar-refractivity contribution in [3.63, 3.8) is 0 Å². The first-order valence-electron chi connectivity index (χ1n) is 8.38. The minimum atomic E-state index is -4.68. The van der Waals surface area contributed by atoms with Gasteiger partial charge in [-0.2, -0.15) is 17.5 Å². The molecule has 3 aromatic rings. The molecule has 0 saturated carbocycles. The number of nitrogens with zero attached hydrogens (tertiary/aromatic N) is 4. The summed E-state index contributed by atoms with van der Waals surface area (Å²) < 4.78 is 68.4. The highest BCUT2D eigenvalue weighted by molar-refractivity contribution is 7.89. The molecular weight excluding hydrogens is 417 g/mol. The Morgan fingerprint density at radius 1 is 1.14 bits per heavy atom. The van der Waals surface area contributed by atoms with Gasteiger partial charge in [0, 0.05) is 12.7 Å². The van der Waals surface area contributed by atoms with Gasteiger partial charge < -0.3 is 0 Å². The summed E-state index contributed by atoms with van der Waals surface area (Å²) >= 11 is 5.97. The SMILES string of the molecule is O=S(=O)(c1cc(C(F)(F)F)ccc1Cl)N1CCCC1c1nnc2ccccn12. The molecule has 3 heterocycles. The number of benzene rings is 1. The Labute approximate surface area is 163 Å². The van der Waals surface area contributed by atoms with Crippen molar-refractivity contribution in [3.8, 4) is 0 Å². The van der Waals surface area contributed by atoms with E-state index in [2.05, 4.69) is 10.2 Å². The predicted molar refractivity (Wildman–Crippen MR) is 95.3 cm³/mol. The molecule has 1 saturated heterocycles. The summed E-state index contributed by atoms with van der Waals surface area (Å²) in [4.78, 5) is -0.565. The molecule has 1 aliphatic heterocycles. The highest BCUT2D eigenvalue weighted by Crippen LogP contribution is 2.39. The fourth-order valence-electron chi connectivity index (χ4n) is 3.38.